The minimum atomic E-state index is -0.451. The molecule has 0 aromatic carbocycles. The highest BCUT2D eigenvalue weighted by molar-refractivity contribution is 7.99. The smallest absolute Gasteiger partial charge is 0.321 e. The lowest BCUT2D eigenvalue weighted by molar-refractivity contribution is -0.645. The Bertz CT molecular complexity index is 539. The molecule has 0 radical (unpaired) electrons. The van der Waals surface area contributed by atoms with E-state index in [0.29, 0.717) is 15.7 Å². The molecule has 1 aliphatic carbocycles. The molecule has 1 fully saturated rings. The topological polar surface area (TPSA) is 85.1 Å². The van der Waals surface area contributed by atoms with Crippen LogP contribution < -0.4 is 15.4 Å². The predicted octanol–water partition coefficient (Wildman–Crippen LogP) is 1.82. The van der Waals surface area contributed by atoms with Crippen molar-refractivity contribution < 1.29 is 14.3 Å². The predicted molar refractivity (Wildman–Crippen MR) is 84.2 cm³/mol. The van der Waals surface area contributed by atoms with Crippen LogP contribution in [0.1, 0.15) is 32.6 Å². The summed E-state index contributed by atoms with van der Waals surface area (Å²) in [5.74, 6) is 0.0578. The van der Waals surface area contributed by atoms with Gasteiger partial charge in [0.25, 0.3) is 5.03 Å². The molecule has 0 aliphatic heterocycles. The van der Waals surface area contributed by atoms with E-state index in [1.54, 1.807) is 18.2 Å². The molecular formula is C15H21N3O3S. The molecule has 0 saturated heterocycles. The summed E-state index contributed by atoms with van der Waals surface area (Å²) >= 11 is 1.10. The maximum atomic E-state index is 11.8. The quantitative estimate of drug-likeness (QED) is 0.503. The molecule has 6 nitrogen and oxygen atoms in total. The van der Waals surface area contributed by atoms with Gasteiger partial charge in [-0.3, -0.25) is 10.1 Å². The van der Waals surface area contributed by atoms with E-state index in [1.807, 2.05) is 0 Å². The van der Waals surface area contributed by atoms with Crippen molar-refractivity contribution in [2.75, 3.05) is 5.75 Å². The van der Waals surface area contributed by atoms with E-state index in [1.165, 1.54) is 12.6 Å². The number of pyridine rings is 1. The summed E-state index contributed by atoms with van der Waals surface area (Å²) in [4.78, 5) is 23.6. The van der Waals surface area contributed by atoms with Gasteiger partial charge in [-0.05, 0) is 36.6 Å². The van der Waals surface area contributed by atoms with Crippen molar-refractivity contribution >= 4 is 23.7 Å². The Morgan fingerprint density at radius 1 is 1.36 bits per heavy atom. The number of nitrogens with one attached hydrogen (secondary N) is 2. The first kappa shape index (κ1) is 16.6. The van der Waals surface area contributed by atoms with Gasteiger partial charge in [-0.2, -0.15) is 4.73 Å². The molecule has 1 aromatic heterocycles. The van der Waals surface area contributed by atoms with Crippen molar-refractivity contribution in [2.24, 2.45) is 5.92 Å². The lowest BCUT2D eigenvalue weighted by Gasteiger charge is -2.29. The number of carbonyl (C=O) groups excluding carboxylic acids is 2. The minimum Gasteiger partial charge on any atom is -0.618 e. The van der Waals surface area contributed by atoms with Gasteiger partial charge in [0.1, 0.15) is 0 Å². The molecule has 120 valence electrons. The Morgan fingerprint density at radius 2 is 2.14 bits per heavy atom. The van der Waals surface area contributed by atoms with Gasteiger partial charge >= 0.3 is 6.03 Å². The van der Waals surface area contributed by atoms with Crippen LogP contribution in [0, 0.1) is 11.1 Å². The zero-order valence-corrected chi connectivity index (χ0v) is 13.4. The van der Waals surface area contributed by atoms with Crippen molar-refractivity contribution in [3.63, 3.8) is 0 Å². The van der Waals surface area contributed by atoms with Crippen LogP contribution in [0.25, 0.3) is 0 Å². The van der Waals surface area contributed by atoms with Crippen molar-refractivity contribution in [3.8, 4) is 0 Å². The molecule has 22 heavy (non-hydrogen) atoms. The molecule has 1 aromatic rings. The minimum absolute atomic E-state index is 0.0277. The van der Waals surface area contributed by atoms with Gasteiger partial charge in [0.2, 0.25) is 5.91 Å². The molecule has 0 bridgehead atoms. The van der Waals surface area contributed by atoms with Crippen LogP contribution in [-0.4, -0.2) is 23.7 Å². The van der Waals surface area contributed by atoms with Gasteiger partial charge in [-0.1, -0.05) is 19.8 Å². The van der Waals surface area contributed by atoms with Crippen molar-refractivity contribution in [1.82, 2.24) is 10.6 Å². The standard InChI is InChI=1S/C15H21N3O3S/c1-11-6-2-3-7-12(11)16-15(20)17-13(19)10-22-14-8-4-5-9-18(14)21/h4-5,8-9,11-12H,2-3,6-7,10H2,1H3,(H2,16,17,19,20)/t11-,12-/m1/s1. The maximum absolute atomic E-state index is 11.8. The summed E-state index contributed by atoms with van der Waals surface area (Å²) < 4.78 is 0.696. The molecule has 2 rings (SSSR count). The third-order valence-electron chi connectivity index (χ3n) is 3.82. The van der Waals surface area contributed by atoms with E-state index in [0.717, 1.165) is 31.0 Å². The lowest BCUT2D eigenvalue weighted by Crippen LogP contribution is -2.48. The van der Waals surface area contributed by atoms with Gasteiger partial charge in [0.05, 0.1) is 5.75 Å². The first-order valence-electron chi connectivity index (χ1n) is 7.47. The van der Waals surface area contributed by atoms with Crippen LogP contribution in [0.4, 0.5) is 4.79 Å². The van der Waals surface area contributed by atoms with Crippen LogP contribution in [0.3, 0.4) is 0 Å². The number of carbonyl (C=O) groups is 2. The fourth-order valence-electron chi connectivity index (χ4n) is 2.56. The summed E-state index contributed by atoms with van der Waals surface area (Å²) in [7, 11) is 0. The highest BCUT2D eigenvalue weighted by Crippen LogP contribution is 2.23. The SMILES string of the molecule is C[C@@H]1CCCC[C@H]1NC(=O)NC(=O)CSc1cccc[n+]1[O-]. The van der Waals surface area contributed by atoms with Gasteiger partial charge in [0.15, 0.2) is 6.20 Å². The molecule has 0 spiro atoms. The monoisotopic (exact) mass is 323 g/mol. The Hall–Kier alpha value is -1.76. The lowest BCUT2D eigenvalue weighted by atomic mass is 9.86. The second-order valence-corrected chi connectivity index (χ2v) is 6.54. The molecule has 7 heteroatoms. The molecule has 2 N–H and O–H groups in total. The second kappa shape index (κ2) is 8.03. The summed E-state index contributed by atoms with van der Waals surface area (Å²) in [5.41, 5.74) is 0. The fourth-order valence-corrected chi connectivity index (χ4v) is 3.28. The first-order chi connectivity index (χ1) is 10.6. The largest absolute Gasteiger partial charge is 0.618 e. The number of hydrogen-bond acceptors (Lipinski definition) is 4. The number of aromatic nitrogens is 1. The molecule has 1 heterocycles. The number of imide groups is 1. The molecule has 1 saturated carbocycles. The number of rotatable bonds is 4. The molecule has 3 amide bonds. The summed E-state index contributed by atoms with van der Waals surface area (Å²) in [6, 6.07) is 4.66. The van der Waals surface area contributed by atoms with Crippen molar-refractivity contribution in [1.29, 1.82) is 0 Å². The number of amides is 3. The summed E-state index contributed by atoms with van der Waals surface area (Å²) in [6.45, 7) is 2.12. The van der Waals surface area contributed by atoms with Crippen molar-refractivity contribution in [3.05, 3.63) is 29.6 Å². The Labute approximate surface area is 134 Å². The maximum Gasteiger partial charge on any atom is 0.321 e. The molecule has 1 aliphatic rings. The average Bonchev–Trinajstić information content (AvgIpc) is 2.49. The van der Waals surface area contributed by atoms with Gasteiger partial charge in [-0.15, -0.1) is 0 Å². The highest BCUT2D eigenvalue weighted by Gasteiger charge is 2.23. The van der Waals surface area contributed by atoms with Gasteiger partial charge in [0, 0.05) is 18.2 Å². The normalized spacial score (nSPS) is 21.1. The van der Waals surface area contributed by atoms with Gasteiger partial charge in [-0.25, -0.2) is 4.79 Å². The number of thioether (sulfide) groups is 1. The first-order valence-corrected chi connectivity index (χ1v) is 8.46. The van der Waals surface area contributed by atoms with Gasteiger partial charge < -0.3 is 10.5 Å². The molecule has 2 atom stereocenters. The van der Waals surface area contributed by atoms with Crippen LogP contribution >= 0.6 is 11.8 Å². The molecule has 0 unspecified atom stereocenters. The van der Waals surface area contributed by atoms with Crippen LogP contribution in [0.15, 0.2) is 29.4 Å². The second-order valence-electron chi connectivity index (χ2n) is 5.54. The zero-order chi connectivity index (χ0) is 15.9. The number of nitrogens with zero attached hydrogens (tertiary/aromatic N) is 1. The Morgan fingerprint density at radius 3 is 2.86 bits per heavy atom. The van der Waals surface area contributed by atoms with E-state index in [9.17, 15) is 14.8 Å². The third-order valence-corrected chi connectivity index (χ3v) is 4.84. The van der Waals surface area contributed by atoms with Crippen LogP contribution in [0.5, 0.6) is 0 Å². The average molecular weight is 323 g/mol. The Balaban J connectivity index is 1.74. The van der Waals surface area contributed by atoms with Crippen LogP contribution in [0.2, 0.25) is 0 Å². The highest BCUT2D eigenvalue weighted by atomic mass is 32.2. The summed E-state index contributed by atoms with van der Waals surface area (Å²) in [6.07, 6.45) is 5.74. The van der Waals surface area contributed by atoms with Crippen LogP contribution in [-0.2, 0) is 4.79 Å². The third kappa shape index (κ3) is 4.91. The van der Waals surface area contributed by atoms with E-state index in [4.69, 9.17) is 0 Å². The van der Waals surface area contributed by atoms with E-state index in [-0.39, 0.29) is 11.8 Å². The number of hydrogen-bond donors (Lipinski definition) is 2. The Kier molecular flexibility index (Phi) is 6.06. The fraction of sp³-hybridized carbons (Fsp3) is 0.533. The zero-order valence-electron chi connectivity index (χ0n) is 12.6. The van der Waals surface area contributed by atoms with E-state index in [2.05, 4.69) is 17.6 Å². The van der Waals surface area contributed by atoms with Crippen molar-refractivity contribution in [2.45, 2.75) is 43.7 Å². The molecular weight excluding hydrogens is 302 g/mol. The van der Waals surface area contributed by atoms with E-state index < -0.39 is 11.9 Å². The summed E-state index contributed by atoms with van der Waals surface area (Å²) in [5, 5.41) is 17.0. The number of urea groups is 1. The van der Waals surface area contributed by atoms with E-state index >= 15 is 0 Å².